The van der Waals surface area contributed by atoms with Crippen molar-refractivity contribution in [2.75, 3.05) is 33.3 Å². The van der Waals surface area contributed by atoms with Crippen molar-refractivity contribution >= 4 is 13.0 Å². The smallest absolute Gasteiger partial charge is 0.426 e. The maximum atomic E-state index is 12.3. The average Bonchev–Trinajstić information content (AvgIpc) is 3.04. The summed E-state index contributed by atoms with van der Waals surface area (Å²) in [7, 11) is 0.588. The molecule has 1 amide bonds. The predicted molar refractivity (Wildman–Crippen MR) is 73.6 cm³/mol. The van der Waals surface area contributed by atoms with E-state index >= 15 is 0 Å². The van der Waals surface area contributed by atoms with Gasteiger partial charge in [-0.3, -0.25) is 4.79 Å². The highest BCUT2D eigenvalue weighted by Gasteiger charge is 2.38. The number of rotatable bonds is 5. The van der Waals surface area contributed by atoms with E-state index in [1.807, 2.05) is 0 Å². The number of likely N-dealkylation sites (tertiary alicyclic amines) is 1. The van der Waals surface area contributed by atoms with Gasteiger partial charge in [-0.2, -0.15) is 0 Å². The van der Waals surface area contributed by atoms with Crippen molar-refractivity contribution in [1.82, 2.24) is 15.5 Å². The van der Waals surface area contributed by atoms with Crippen LogP contribution in [0.2, 0.25) is 0 Å². The van der Waals surface area contributed by atoms with E-state index in [1.54, 1.807) is 4.90 Å². The van der Waals surface area contributed by atoms with E-state index in [4.69, 9.17) is 4.65 Å². The van der Waals surface area contributed by atoms with Gasteiger partial charge < -0.3 is 25.2 Å². The molecule has 0 bridgehead atoms. The third kappa shape index (κ3) is 3.48. The molecule has 0 saturated carbocycles. The Hall–Kier alpha value is -0.625. The molecular formula is C12H24BN3O3. The van der Waals surface area contributed by atoms with Crippen LogP contribution in [-0.4, -0.2) is 67.7 Å². The van der Waals surface area contributed by atoms with E-state index in [-0.39, 0.29) is 17.4 Å². The minimum atomic E-state index is -0.879. The van der Waals surface area contributed by atoms with E-state index < -0.39 is 7.12 Å². The van der Waals surface area contributed by atoms with Crippen LogP contribution in [0, 0.1) is 0 Å². The number of hydrogen-bond donors (Lipinski definition) is 3. The van der Waals surface area contributed by atoms with Crippen molar-refractivity contribution in [2.24, 2.45) is 0 Å². The molecule has 2 fully saturated rings. The van der Waals surface area contributed by atoms with E-state index in [9.17, 15) is 9.82 Å². The molecule has 0 radical (unpaired) electrons. The van der Waals surface area contributed by atoms with Gasteiger partial charge in [0, 0.05) is 25.7 Å². The summed E-state index contributed by atoms with van der Waals surface area (Å²) < 4.78 is 4.94. The molecule has 2 aliphatic rings. The lowest BCUT2D eigenvalue weighted by Crippen LogP contribution is -2.53. The number of carbonyl (C=O) groups excluding carboxylic acids is 1. The molecule has 0 aromatic rings. The second-order valence-corrected chi connectivity index (χ2v) is 5.76. The second kappa shape index (κ2) is 6.22. The van der Waals surface area contributed by atoms with Crippen molar-refractivity contribution in [1.29, 1.82) is 0 Å². The first kappa shape index (κ1) is 14.8. The minimum absolute atomic E-state index is 0.00472. The predicted octanol–water partition coefficient (Wildman–Crippen LogP) is -1.01. The number of nitrogens with one attached hydrogen (secondary N) is 2. The third-order valence-corrected chi connectivity index (χ3v) is 4.23. The first-order valence-corrected chi connectivity index (χ1v) is 7.02. The van der Waals surface area contributed by atoms with Crippen molar-refractivity contribution in [2.45, 2.75) is 37.7 Å². The fourth-order valence-corrected chi connectivity index (χ4v) is 2.91. The van der Waals surface area contributed by atoms with Gasteiger partial charge in [-0.15, -0.1) is 0 Å². The zero-order chi connectivity index (χ0) is 13.9. The number of nitrogens with zero attached hydrogens (tertiary/aromatic N) is 1. The summed E-state index contributed by atoms with van der Waals surface area (Å²) in [6.07, 6.45) is 2.76. The normalized spacial score (nSPS) is 30.9. The van der Waals surface area contributed by atoms with Crippen LogP contribution in [0.5, 0.6) is 0 Å². The fraction of sp³-hybridized carbons (Fsp3) is 0.917. The third-order valence-electron chi connectivity index (χ3n) is 4.23. The zero-order valence-electron chi connectivity index (χ0n) is 11.8. The SMILES string of the molecule is COB(O)[C@@H]1CCCN1C(=O)CN[C@@]1(C)CCNC1. The van der Waals surface area contributed by atoms with Gasteiger partial charge in [-0.1, -0.05) is 0 Å². The molecule has 2 saturated heterocycles. The van der Waals surface area contributed by atoms with Crippen molar-refractivity contribution < 1.29 is 14.5 Å². The molecule has 2 atom stereocenters. The van der Waals surface area contributed by atoms with Crippen LogP contribution in [-0.2, 0) is 9.45 Å². The molecule has 0 spiro atoms. The molecule has 0 aliphatic carbocycles. The summed E-state index contributed by atoms with van der Waals surface area (Å²) in [5.74, 6) is -0.152. The lowest BCUT2D eigenvalue weighted by Gasteiger charge is -2.29. The molecule has 0 aromatic carbocycles. The highest BCUT2D eigenvalue weighted by molar-refractivity contribution is 6.45. The maximum absolute atomic E-state index is 12.3. The van der Waals surface area contributed by atoms with Crippen molar-refractivity contribution in [3.8, 4) is 0 Å². The number of amides is 1. The van der Waals surface area contributed by atoms with Crippen LogP contribution in [0.1, 0.15) is 26.2 Å². The Bertz CT molecular complexity index is 323. The summed E-state index contributed by atoms with van der Waals surface area (Å²) in [6.45, 7) is 5.05. The van der Waals surface area contributed by atoms with Gasteiger partial charge in [-0.25, -0.2) is 0 Å². The van der Waals surface area contributed by atoms with Crippen LogP contribution in [0.15, 0.2) is 0 Å². The molecule has 7 heteroatoms. The number of hydrogen-bond acceptors (Lipinski definition) is 5. The standard InChI is InChI=1S/C12H24BN3O3/c1-12(5-6-14-9-12)15-8-11(17)16-7-3-4-10(16)13(18)19-2/h10,14-15,18H,3-9H2,1-2H3/t10-,12-/m0/s1. The van der Waals surface area contributed by atoms with Gasteiger partial charge in [0.15, 0.2) is 0 Å². The van der Waals surface area contributed by atoms with Crippen LogP contribution in [0.3, 0.4) is 0 Å². The molecule has 2 rings (SSSR count). The summed E-state index contributed by atoms with van der Waals surface area (Å²) in [6, 6.07) is 0. The van der Waals surface area contributed by atoms with E-state index in [0.29, 0.717) is 13.1 Å². The Morgan fingerprint density at radius 1 is 1.68 bits per heavy atom. The Balaban J connectivity index is 1.85. The van der Waals surface area contributed by atoms with Crippen LogP contribution in [0.4, 0.5) is 0 Å². The van der Waals surface area contributed by atoms with Gasteiger partial charge in [-0.05, 0) is 32.7 Å². The summed E-state index contributed by atoms with van der Waals surface area (Å²) in [5, 5.41) is 16.4. The molecule has 2 heterocycles. The molecule has 0 aromatic heterocycles. The molecule has 6 nitrogen and oxygen atoms in total. The lowest BCUT2D eigenvalue weighted by molar-refractivity contribution is -0.130. The molecule has 3 N–H and O–H groups in total. The minimum Gasteiger partial charge on any atom is -0.426 e. The molecule has 19 heavy (non-hydrogen) atoms. The van der Waals surface area contributed by atoms with E-state index in [2.05, 4.69) is 17.6 Å². The highest BCUT2D eigenvalue weighted by Crippen LogP contribution is 2.19. The lowest BCUT2D eigenvalue weighted by atomic mass is 9.77. The van der Waals surface area contributed by atoms with Crippen LogP contribution in [0.25, 0.3) is 0 Å². The Labute approximate surface area is 115 Å². The van der Waals surface area contributed by atoms with Crippen LogP contribution < -0.4 is 10.6 Å². The van der Waals surface area contributed by atoms with E-state index in [0.717, 1.165) is 32.4 Å². The van der Waals surface area contributed by atoms with Crippen molar-refractivity contribution in [3.05, 3.63) is 0 Å². The Morgan fingerprint density at radius 3 is 3.11 bits per heavy atom. The van der Waals surface area contributed by atoms with Crippen molar-refractivity contribution in [3.63, 3.8) is 0 Å². The van der Waals surface area contributed by atoms with E-state index in [1.165, 1.54) is 7.11 Å². The monoisotopic (exact) mass is 269 g/mol. The molecule has 108 valence electrons. The maximum Gasteiger partial charge on any atom is 0.478 e. The highest BCUT2D eigenvalue weighted by atomic mass is 16.5. The largest absolute Gasteiger partial charge is 0.478 e. The van der Waals surface area contributed by atoms with Gasteiger partial charge in [0.25, 0.3) is 0 Å². The summed E-state index contributed by atoms with van der Waals surface area (Å²) in [4.78, 5) is 14.0. The van der Waals surface area contributed by atoms with Gasteiger partial charge in [0.05, 0.1) is 12.5 Å². The molecule has 2 aliphatic heterocycles. The Morgan fingerprint density at radius 2 is 2.47 bits per heavy atom. The van der Waals surface area contributed by atoms with Gasteiger partial charge >= 0.3 is 7.12 Å². The first-order chi connectivity index (χ1) is 9.06. The number of carbonyl (C=O) groups is 1. The Kier molecular flexibility index (Phi) is 4.84. The van der Waals surface area contributed by atoms with Gasteiger partial charge in [0.1, 0.15) is 0 Å². The van der Waals surface area contributed by atoms with Crippen LogP contribution >= 0.6 is 0 Å². The average molecular weight is 269 g/mol. The zero-order valence-corrected chi connectivity index (χ0v) is 11.8. The fourth-order valence-electron chi connectivity index (χ4n) is 2.91. The molecule has 0 unspecified atom stereocenters. The summed E-state index contributed by atoms with van der Waals surface area (Å²) in [5.41, 5.74) is 0.00472. The van der Waals surface area contributed by atoms with Gasteiger partial charge in [0.2, 0.25) is 5.91 Å². The molecular weight excluding hydrogens is 245 g/mol. The second-order valence-electron chi connectivity index (χ2n) is 5.76. The topological polar surface area (TPSA) is 73.8 Å². The first-order valence-electron chi connectivity index (χ1n) is 7.02. The quantitative estimate of drug-likeness (QED) is 0.557. The summed E-state index contributed by atoms with van der Waals surface area (Å²) >= 11 is 0.